The van der Waals surface area contributed by atoms with Gasteiger partial charge in [-0.15, -0.1) is 0 Å². The third kappa shape index (κ3) is 3.94. The van der Waals surface area contributed by atoms with E-state index in [4.69, 9.17) is 4.74 Å². The number of imide groups is 1. The lowest BCUT2D eigenvalue weighted by molar-refractivity contribution is -0.135. The predicted octanol–water partition coefficient (Wildman–Crippen LogP) is 2.02. The summed E-state index contributed by atoms with van der Waals surface area (Å²) in [6, 6.07) is 5.64. The number of esters is 2. The Labute approximate surface area is 156 Å². The quantitative estimate of drug-likeness (QED) is 0.464. The third-order valence-corrected chi connectivity index (χ3v) is 4.97. The number of nitrogens with one attached hydrogen (secondary N) is 1. The molecule has 144 valence electrons. The fraction of sp³-hybridized carbons (Fsp3) is 0.474. The van der Waals surface area contributed by atoms with Crippen molar-refractivity contribution in [2.45, 2.75) is 44.1 Å². The molecule has 8 nitrogen and oxygen atoms in total. The van der Waals surface area contributed by atoms with E-state index in [-0.39, 0.29) is 24.9 Å². The van der Waals surface area contributed by atoms with Gasteiger partial charge in [0.2, 0.25) is 0 Å². The second-order valence-corrected chi connectivity index (χ2v) is 6.77. The van der Waals surface area contributed by atoms with Gasteiger partial charge in [0.15, 0.2) is 0 Å². The Morgan fingerprint density at radius 3 is 2.44 bits per heavy atom. The summed E-state index contributed by atoms with van der Waals surface area (Å²) < 4.78 is 9.80. The van der Waals surface area contributed by atoms with E-state index in [9.17, 15) is 19.2 Å². The molecule has 0 unspecified atom stereocenters. The minimum absolute atomic E-state index is 0.0722. The third-order valence-electron chi connectivity index (χ3n) is 4.97. The number of methoxy groups -OCH3 is 1. The Balaban J connectivity index is 1.46. The summed E-state index contributed by atoms with van der Waals surface area (Å²) >= 11 is 0. The van der Waals surface area contributed by atoms with Crippen molar-refractivity contribution in [1.29, 1.82) is 0 Å². The molecule has 1 N–H and O–H groups in total. The Morgan fingerprint density at radius 2 is 1.81 bits per heavy atom. The first-order valence-corrected chi connectivity index (χ1v) is 8.98. The fourth-order valence-corrected chi connectivity index (χ4v) is 3.54. The van der Waals surface area contributed by atoms with Crippen LogP contribution in [-0.4, -0.2) is 48.0 Å². The van der Waals surface area contributed by atoms with Gasteiger partial charge in [0.05, 0.1) is 12.7 Å². The van der Waals surface area contributed by atoms with Gasteiger partial charge in [0.1, 0.15) is 11.3 Å². The first-order chi connectivity index (χ1) is 12.9. The van der Waals surface area contributed by atoms with Crippen LogP contribution < -0.4 is 10.1 Å². The Kier molecular flexibility index (Phi) is 5.43. The molecule has 2 aliphatic rings. The van der Waals surface area contributed by atoms with Crippen LogP contribution in [0.25, 0.3) is 0 Å². The number of rotatable bonds is 6. The van der Waals surface area contributed by atoms with Gasteiger partial charge < -0.3 is 14.8 Å². The number of carbonyl (C=O) groups excluding carboxylic acids is 4. The van der Waals surface area contributed by atoms with Gasteiger partial charge in [0, 0.05) is 13.0 Å². The van der Waals surface area contributed by atoms with Crippen molar-refractivity contribution >= 4 is 23.9 Å². The molecule has 1 aromatic carbocycles. The number of hydrogen-bond acceptors (Lipinski definition) is 6. The van der Waals surface area contributed by atoms with Crippen molar-refractivity contribution in [2.24, 2.45) is 0 Å². The highest BCUT2D eigenvalue weighted by Crippen LogP contribution is 2.35. The molecule has 1 heterocycles. The molecule has 0 radical (unpaired) electrons. The number of hydrogen-bond donors (Lipinski definition) is 1. The van der Waals surface area contributed by atoms with Gasteiger partial charge in [-0.1, -0.05) is 12.8 Å². The lowest BCUT2D eigenvalue weighted by Crippen LogP contribution is -2.44. The van der Waals surface area contributed by atoms with E-state index in [2.05, 4.69) is 10.1 Å². The van der Waals surface area contributed by atoms with Crippen molar-refractivity contribution in [3.05, 3.63) is 29.8 Å². The largest absolute Gasteiger partial charge is 0.465 e. The van der Waals surface area contributed by atoms with Crippen LogP contribution in [0.15, 0.2) is 24.3 Å². The van der Waals surface area contributed by atoms with Crippen molar-refractivity contribution < 1.29 is 28.7 Å². The number of carbonyl (C=O) groups is 4. The molecule has 1 saturated heterocycles. The molecule has 1 aliphatic carbocycles. The average Bonchev–Trinajstić information content (AvgIpc) is 3.22. The highest BCUT2D eigenvalue weighted by molar-refractivity contribution is 6.07. The summed E-state index contributed by atoms with van der Waals surface area (Å²) in [5, 5.41) is 2.81. The van der Waals surface area contributed by atoms with E-state index in [0.29, 0.717) is 30.6 Å². The van der Waals surface area contributed by atoms with Gasteiger partial charge >= 0.3 is 18.0 Å². The average molecular weight is 374 g/mol. The summed E-state index contributed by atoms with van der Waals surface area (Å²) in [7, 11) is 1.29. The van der Waals surface area contributed by atoms with E-state index >= 15 is 0 Å². The highest BCUT2D eigenvalue weighted by Gasteiger charge is 2.52. The second kappa shape index (κ2) is 7.77. The van der Waals surface area contributed by atoms with E-state index in [1.165, 1.54) is 36.3 Å². The Morgan fingerprint density at radius 1 is 1.15 bits per heavy atom. The zero-order valence-corrected chi connectivity index (χ0v) is 15.2. The molecule has 1 spiro atoms. The van der Waals surface area contributed by atoms with Crippen molar-refractivity contribution in [1.82, 2.24) is 10.2 Å². The number of ether oxygens (including phenoxy) is 2. The van der Waals surface area contributed by atoms with Gasteiger partial charge in [-0.2, -0.15) is 0 Å². The molecule has 3 amide bonds. The molecule has 1 aliphatic heterocycles. The minimum atomic E-state index is -0.723. The monoisotopic (exact) mass is 374 g/mol. The number of benzene rings is 1. The van der Waals surface area contributed by atoms with Crippen LogP contribution >= 0.6 is 0 Å². The van der Waals surface area contributed by atoms with Gasteiger partial charge in [-0.05, 0) is 43.5 Å². The molecule has 1 aromatic rings. The maximum absolute atomic E-state index is 12.5. The first kappa shape index (κ1) is 18.9. The number of amides is 3. The number of nitrogens with zero attached hydrogens (tertiary/aromatic N) is 1. The van der Waals surface area contributed by atoms with Crippen LogP contribution in [0.4, 0.5) is 4.79 Å². The molecule has 27 heavy (non-hydrogen) atoms. The van der Waals surface area contributed by atoms with Gasteiger partial charge in [0.25, 0.3) is 5.91 Å². The zero-order valence-electron chi connectivity index (χ0n) is 15.2. The standard InChI is InChI=1S/C19H22N2O6/c1-26-16(23)13-6-8-14(9-7-13)27-15(22)5-4-12-21-17(24)19(20-18(21)25)10-2-3-11-19/h6-9H,2-5,10-12H2,1H3,(H,20,25). The van der Waals surface area contributed by atoms with Crippen LogP contribution in [0.3, 0.4) is 0 Å². The molecule has 3 rings (SSSR count). The van der Waals surface area contributed by atoms with Crippen LogP contribution in [-0.2, 0) is 14.3 Å². The summed E-state index contributed by atoms with van der Waals surface area (Å²) in [5.74, 6) is -0.811. The van der Waals surface area contributed by atoms with E-state index in [0.717, 1.165) is 12.8 Å². The van der Waals surface area contributed by atoms with Crippen LogP contribution in [0.5, 0.6) is 5.75 Å². The maximum atomic E-state index is 12.5. The van der Waals surface area contributed by atoms with Crippen LogP contribution in [0.2, 0.25) is 0 Å². The van der Waals surface area contributed by atoms with Crippen molar-refractivity contribution in [2.75, 3.05) is 13.7 Å². The van der Waals surface area contributed by atoms with Crippen molar-refractivity contribution in [3.63, 3.8) is 0 Å². The Bertz CT molecular complexity index is 752. The highest BCUT2D eigenvalue weighted by atomic mass is 16.5. The molecule has 8 heteroatoms. The smallest absolute Gasteiger partial charge is 0.337 e. The molecule has 0 bridgehead atoms. The lowest BCUT2D eigenvalue weighted by atomic mass is 9.98. The Hall–Kier alpha value is -2.90. The summed E-state index contributed by atoms with van der Waals surface area (Å²) in [6.07, 6.45) is 3.62. The normalized spacial score (nSPS) is 17.9. The molecule has 2 fully saturated rings. The molecule has 0 aromatic heterocycles. The zero-order chi connectivity index (χ0) is 19.4. The SMILES string of the molecule is COC(=O)c1ccc(OC(=O)CCCN2C(=O)NC3(CCCC3)C2=O)cc1. The summed E-state index contributed by atoms with van der Waals surface area (Å²) in [6.45, 7) is 0.183. The summed E-state index contributed by atoms with van der Waals surface area (Å²) in [4.78, 5) is 49.1. The molecular formula is C19H22N2O6. The van der Waals surface area contributed by atoms with Gasteiger partial charge in [-0.25, -0.2) is 9.59 Å². The predicted molar refractivity (Wildman–Crippen MR) is 94.1 cm³/mol. The van der Waals surface area contributed by atoms with E-state index in [1.54, 1.807) is 0 Å². The lowest BCUT2D eigenvalue weighted by Gasteiger charge is -2.19. The topological polar surface area (TPSA) is 102 Å². The van der Waals surface area contributed by atoms with E-state index in [1.807, 2.05) is 0 Å². The molecule has 0 atom stereocenters. The summed E-state index contributed by atoms with van der Waals surface area (Å²) in [5.41, 5.74) is -0.365. The van der Waals surface area contributed by atoms with Gasteiger partial charge in [-0.3, -0.25) is 14.5 Å². The van der Waals surface area contributed by atoms with Crippen LogP contribution in [0, 0.1) is 0 Å². The molecular weight excluding hydrogens is 352 g/mol. The maximum Gasteiger partial charge on any atom is 0.337 e. The fourth-order valence-electron chi connectivity index (χ4n) is 3.54. The minimum Gasteiger partial charge on any atom is -0.465 e. The first-order valence-electron chi connectivity index (χ1n) is 8.98. The molecule has 1 saturated carbocycles. The van der Waals surface area contributed by atoms with E-state index < -0.39 is 17.5 Å². The second-order valence-electron chi connectivity index (χ2n) is 6.77. The van der Waals surface area contributed by atoms with Crippen LogP contribution in [0.1, 0.15) is 48.9 Å². The van der Waals surface area contributed by atoms with Crippen molar-refractivity contribution in [3.8, 4) is 5.75 Å². The number of urea groups is 1.